The number of para-hydroxylation sites is 1. The highest BCUT2D eigenvalue weighted by atomic mass is 32.1. The molecule has 0 unspecified atom stereocenters. The molecular weight excluding hydrogens is 492 g/mol. The molecule has 3 aromatic carbocycles. The monoisotopic (exact) mass is 520 g/mol. The Morgan fingerprint density at radius 2 is 1.63 bits per heavy atom. The third-order valence-electron chi connectivity index (χ3n) is 6.48. The van der Waals surface area contributed by atoms with E-state index in [0.29, 0.717) is 16.1 Å². The fourth-order valence-corrected chi connectivity index (χ4v) is 5.53. The van der Waals surface area contributed by atoms with Crippen LogP contribution < -0.4 is 5.32 Å². The number of aryl methyl sites for hydroxylation is 3. The number of fused-ring (bicyclic) bond motifs is 1. The van der Waals surface area contributed by atoms with Gasteiger partial charge in [0.1, 0.15) is 10.6 Å². The van der Waals surface area contributed by atoms with Crippen molar-refractivity contribution < 1.29 is 14.3 Å². The number of ether oxygens (including phenoxy) is 1. The molecule has 5 nitrogen and oxygen atoms in total. The summed E-state index contributed by atoms with van der Waals surface area (Å²) in [5.74, 6) is -0.771. The van der Waals surface area contributed by atoms with E-state index in [-0.39, 0.29) is 12.5 Å². The van der Waals surface area contributed by atoms with Crippen molar-refractivity contribution in [2.75, 3.05) is 11.9 Å². The molecule has 0 fully saturated rings. The number of nitrogens with one attached hydrogen (secondary N) is 1. The normalized spacial score (nSPS) is 10.9. The second-order valence-corrected chi connectivity index (χ2v) is 10.2. The average molecular weight is 521 g/mol. The first-order valence-electron chi connectivity index (χ1n) is 12.5. The van der Waals surface area contributed by atoms with E-state index in [9.17, 15) is 9.59 Å². The summed E-state index contributed by atoms with van der Waals surface area (Å²) in [6.07, 6.45) is 0. The van der Waals surface area contributed by atoms with E-state index in [1.165, 1.54) is 16.9 Å². The zero-order valence-corrected chi connectivity index (χ0v) is 22.6. The van der Waals surface area contributed by atoms with Crippen LogP contribution in [0, 0.1) is 20.8 Å². The van der Waals surface area contributed by atoms with E-state index >= 15 is 0 Å². The largest absolute Gasteiger partial charge is 0.462 e. The highest BCUT2D eigenvalue weighted by molar-refractivity contribution is 7.15. The fourth-order valence-electron chi connectivity index (χ4n) is 4.57. The number of rotatable bonds is 6. The number of esters is 1. The molecule has 0 atom stereocenters. The van der Waals surface area contributed by atoms with Gasteiger partial charge in [-0.25, -0.2) is 9.78 Å². The highest BCUT2D eigenvalue weighted by Crippen LogP contribution is 2.37. The molecule has 1 amide bonds. The molecule has 0 radical (unpaired) electrons. The van der Waals surface area contributed by atoms with Gasteiger partial charge in [0, 0.05) is 21.9 Å². The lowest BCUT2D eigenvalue weighted by molar-refractivity contribution is 0.0529. The molecule has 5 aromatic rings. The number of aromatic nitrogens is 1. The third kappa shape index (κ3) is 4.95. The maximum absolute atomic E-state index is 13.8. The Balaban J connectivity index is 1.59. The van der Waals surface area contributed by atoms with E-state index < -0.39 is 5.97 Å². The Kier molecular flexibility index (Phi) is 7.07. The van der Waals surface area contributed by atoms with Crippen LogP contribution in [0.15, 0.2) is 78.2 Å². The first-order chi connectivity index (χ1) is 18.4. The Bertz CT molecular complexity index is 1670. The van der Waals surface area contributed by atoms with Gasteiger partial charge in [-0.1, -0.05) is 71.8 Å². The van der Waals surface area contributed by atoms with Gasteiger partial charge in [0.25, 0.3) is 5.91 Å². The molecule has 0 aliphatic carbocycles. The Labute approximate surface area is 226 Å². The van der Waals surface area contributed by atoms with E-state index in [2.05, 4.69) is 18.3 Å². The number of pyridine rings is 1. The Hall–Kier alpha value is -4.29. The summed E-state index contributed by atoms with van der Waals surface area (Å²) < 4.78 is 5.38. The molecule has 0 aliphatic rings. The van der Waals surface area contributed by atoms with Gasteiger partial charge in [-0.3, -0.25) is 4.79 Å². The maximum Gasteiger partial charge on any atom is 0.341 e. The average Bonchev–Trinajstić information content (AvgIpc) is 3.32. The van der Waals surface area contributed by atoms with Crippen LogP contribution in [0.2, 0.25) is 0 Å². The Morgan fingerprint density at radius 1 is 0.895 bits per heavy atom. The van der Waals surface area contributed by atoms with Gasteiger partial charge in [0.05, 0.1) is 23.4 Å². The van der Waals surface area contributed by atoms with Gasteiger partial charge in [0.2, 0.25) is 0 Å². The first-order valence-corrected chi connectivity index (χ1v) is 13.4. The van der Waals surface area contributed by atoms with Crippen LogP contribution in [0.1, 0.15) is 44.3 Å². The zero-order valence-electron chi connectivity index (χ0n) is 21.8. The lowest BCUT2D eigenvalue weighted by Gasteiger charge is -2.13. The van der Waals surface area contributed by atoms with Crippen LogP contribution in [0.5, 0.6) is 0 Å². The van der Waals surface area contributed by atoms with Gasteiger partial charge in [-0.05, 0) is 51.0 Å². The highest BCUT2D eigenvalue weighted by Gasteiger charge is 2.24. The van der Waals surface area contributed by atoms with Gasteiger partial charge in [-0.2, -0.15) is 0 Å². The summed E-state index contributed by atoms with van der Waals surface area (Å²) in [6, 6.07) is 23.6. The second-order valence-electron chi connectivity index (χ2n) is 9.28. The van der Waals surface area contributed by atoms with Crippen molar-refractivity contribution in [3.8, 4) is 22.4 Å². The number of thiophene rings is 1. The molecule has 6 heteroatoms. The Morgan fingerprint density at radius 3 is 2.37 bits per heavy atom. The topological polar surface area (TPSA) is 68.3 Å². The molecule has 5 rings (SSSR count). The van der Waals surface area contributed by atoms with Crippen molar-refractivity contribution in [2.24, 2.45) is 0 Å². The summed E-state index contributed by atoms with van der Waals surface area (Å²) in [4.78, 5) is 31.7. The molecule has 0 aliphatic heterocycles. The van der Waals surface area contributed by atoms with E-state index in [1.807, 2.05) is 86.0 Å². The van der Waals surface area contributed by atoms with Crippen LogP contribution in [-0.2, 0) is 4.74 Å². The third-order valence-corrected chi connectivity index (χ3v) is 7.37. The van der Waals surface area contributed by atoms with Crippen LogP contribution in [0.4, 0.5) is 5.00 Å². The van der Waals surface area contributed by atoms with Gasteiger partial charge >= 0.3 is 5.97 Å². The predicted molar refractivity (Wildman–Crippen MR) is 155 cm³/mol. The van der Waals surface area contributed by atoms with Crippen molar-refractivity contribution in [3.63, 3.8) is 0 Å². The van der Waals surface area contributed by atoms with Crippen molar-refractivity contribution in [3.05, 3.63) is 106 Å². The molecule has 0 bridgehead atoms. The molecular formula is C32H28N2O3S. The van der Waals surface area contributed by atoms with E-state index in [0.717, 1.165) is 44.4 Å². The summed E-state index contributed by atoms with van der Waals surface area (Å²) in [5.41, 5.74) is 8.28. The number of amides is 1. The first kappa shape index (κ1) is 25.4. The van der Waals surface area contributed by atoms with Crippen LogP contribution >= 0.6 is 11.3 Å². The number of anilines is 1. The van der Waals surface area contributed by atoms with Gasteiger partial charge in [-0.15, -0.1) is 11.3 Å². The minimum Gasteiger partial charge on any atom is -0.462 e. The smallest absolute Gasteiger partial charge is 0.341 e. The van der Waals surface area contributed by atoms with Gasteiger partial charge < -0.3 is 10.1 Å². The summed E-state index contributed by atoms with van der Waals surface area (Å²) in [5, 5.41) is 6.10. The standard InChI is InChI=1S/C32H28N2O3S/c1-5-37-32(36)29-26(22-13-10-19(2)11-14-22)18-38-31(29)34-30(35)25-17-28(23-15-12-20(3)16-21(23)4)33-27-9-7-6-8-24(25)27/h6-18H,5H2,1-4H3,(H,34,35). The molecule has 2 heterocycles. The van der Waals surface area contributed by atoms with Crippen LogP contribution in [-0.4, -0.2) is 23.5 Å². The van der Waals surface area contributed by atoms with Crippen molar-refractivity contribution >= 4 is 39.1 Å². The predicted octanol–water partition coefficient (Wildman–Crippen LogP) is 7.98. The second kappa shape index (κ2) is 10.6. The minimum absolute atomic E-state index is 0.240. The minimum atomic E-state index is -0.463. The van der Waals surface area contributed by atoms with E-state index in [1.54, 1.807) is 6.92 Å². The lowest BCUT2D eigenvalue weighted by Crippen LogP contribution is -2.15. The fraction of sp³-hybridized carbons (Fsp3) is 0.156. The summed E-state index contributed by atoms with van der Waals surface area (Å²) >= 11 is 1.31. The quantitative estimate of drug-likeness (QED) is 0.230. The molecule has 2 aromatic heterocycles. The molecule has 1 N–H and O–H groups in total. The van der Waals surface area contributed by atoms with Crippen LogP contribution in [0.25, 0.3) is 33.3 Å². The summed E-state index contributed by atoms with van der Waals surface area (Å²) in [6.45, 7) is 8.12. The van der Waals surface area contributed by atoms with Crippen LogP contribution in [0.3, 0.4) is 0 Å². The molecule has 0 spiro atoms. The number of carbonyl (C=O) groups is 2. The summed E-state index contributed by atoms with van der Waals surface area (Å²) in [7, 11) is 0. The molecule has 38 heavy (non-hydrogen) atoms. The van der Waals surface area contributed by atoms with Crippen molar-refractivity contribution in [2.45, 2.75) is 27.7 Å². The lowest BCUT2D eigenvalue weighted by atomic mass is 9.99. The maximum atomic E-state index is 13.8. The van der Waals surface area contributed by atoms with Crippen molar-refractivity contribution in [1.82, 2.24) is 4.98 Å². The molecule has 0 saturated carbocycles. The molecule has 190 valence electrons. The van der Waals surface area contributed by atoms with Crippen molar-refractivity contribution in [1.29, 1.82) is 0 Å². The van der Waals surface area contributed by atoms with E-state index in [4.69, 9.17) is 9.72 Å². The van der Waals surface area contributed by atoms with Gasteiger partial charge in [0.15, 0.2) is 0 Å². The zero-order chi connectivity index (χ0) is 26.8. The SMILES string of the molecule is CCOC(=O)c1c(-c2ccc(C)cc2)csc1NC(=O)c1cc(-c2ccc(C)cc2C)nc2ccccc12. The number of nitrogens with zero attached hydrogens (tertiary/aromatic N) is 1. The number of hydrogen-bond donors (Lipinski definition) is 1. The molecule has 0 saturated heterocycles. The number of carbonyl (C=O) groups excluding carboxylic acids is 2. The number of benzene rings is 3. The number of hydrogen-bond acceptors (Lipinski definition) is 5.